The predicted octanol–water partition coefficient (Wildman–Crippen LogP) is 2.81. The molecule has 1 aliphatic carbocycles. The van der Waals surface area contributed by atoms with Gasteiger partial charge in [-0.15, -0.1) is 0 Å². The maximum atomic E-state index is 9.03. The minimum atomic E-state index is 0.130. The molecule has 1 heterocycles. The molecular weight excluding hydrogens is 264 g/mol. The molecule has 0 unspecified atom stereocenters. The Morgan fingerprint density at radius 3 is 2.67 bits per heavy atom. The lowest BCUT2D eigenvalue weighted by Crippen LogP contribution is -2.30. The largest absolute Gasteiger partial charge is 0.409 e. The van der Waals surface area contributed by atoms with Crippen molar-refractivity contribution in [1.29, 1.82) is 0 Å². The molecule has 1 saturated carbocycles. The van der Waals surface area contributed by atoms with Gasteiger partial charge in [-0.2, -0.15) is 0 Å². The van der Waals surface area contributed by atoms with E-state index in [1.165, 1.54) is 32.1 Å². The summed E-state index contributed by atoms with van der Waals surface area (Å²) in [6, 6.07) is 2.02. The number of hydrogen-bond donors (Lipinski definition) is 2. The van der Waals surface area contributed by atoms with Gasteiger partial charge in [0.15, 0.2) is 5.84 Å². The summed E-state index contributed by atoms with van der Waals surface area (Å²) in [5.41, 5.74) is 9.34. The Balaban J connectivity index is 2.28. The van der Waals surface area contributed by atoms with Gasteiger partial charge in [-0.05, 0) is 38.7 Å². The highest BCUT2D eigenvalue weighted by Crippen LogP contribution is 2.28. The van der Waals surface area contributed by atoms with Gasteiger partial charge in [-0.1, -0.05) is 24.4 Å². The Hall–Kier alpha value is -1.78. The van der Waals surface area contributed by atoms with Crippen molar-refractivity contribution in [1.82, 2.24) is 4.98 Å². The molecule has 0 atom stereocenters. The summed E-state index contributed by atoms with van der Waals surface area (Å²) in [6.07, 6.45) is 6.63. The van der Waals surface area contributed by atoms with Crippen molar-refractivity contribution in [2.75, 3.05) is 18.5 Å². The number of amidine groups is 1. The predicted molar refractivity (Wildman–Crippen MR) is 86.1 cm³/mol. The molecule has 1 fully saturated rings. The van der Waals surface area contributed by atoms with Crippen LogP contribution in [0.1, 0.15) is 49.1 Å². The highest BCUT2D eigenvalue weighted by atomic mass is 16.4. The monoisotopic (exact) mass is 290 g/mol. The van der Waals surface area contributed by atoms with Crippen LogP contribution < -0.4 is 10.6 Å². The van der Waals surface area contributed by atoms with Crippen molar-refractivity contribution >= 4 is 11.5 Å². The minimum Gasteiger partial charge on any atom is -0.409 e. The molecule has 1 aromatic heterocycles. The topological polar surface area (TPSA) is 74.7 Å². The molecule has 0 bridgehead atoms. The summed E-state index contributed by atoms with van der Waals surface area (Å²) in [5.74, 6) is 0.864. The Morgan fingerprint density at radius 1 is 1.38 bits per heavy atom. The molecule has 0 aromatic carbocycles. The fraction of sp³-hybridized carbons (Fsp3) is 0.625. The molecule has 2 rings (SSSR count). The number of hydrogen-bond acceptors (Lipinski definition) is 4. The maximum absolute atomic E-state index is 9.03. The van der Waals surface area contributed by atoms with E-state index in [1.807, 2.05) is 19.9 Å². The van der Waals surface area contributed by atoms with Crippen LogP contribution in [0.25, 0.3) is 0 Å². The average molecular weight is 290 g/mol. The lowest BCUT2D eigenvalue weighted by Gasteiger charge is -2.30. The van der Waals surface area contributed by atoms with Crippen molar-refractivity contribution in [3.8, 4) is 0 Å². The van der Waals surface area contributed by atoms with Gasteiger partial charge >= 0.3 is 0 Å². The zero-order valence-corrected chi connectivity index (χ0v) is 13.3. The fourth-order valence-corrected chi connectivity index (χ4v) is 3.33. The third kappa shape index (κ3) is 3.65. The van der Waals surface area contributed by atoms with Crippen molar-refractivity contribution < 1.29 is 5.21 Å². The van der Waals surface area contributed by atoms with Crippen LogP contribution in [0.2, 0.25) is 0 Å². The van der Waals surface area contributed by atoms with Gasteiger partial charge in [0, 0.05) is 19.3 Å². The summed E-state index contributed by atoms with van der Waals surface area (Å²) in [5, 5.41) is 12.2. The number of aromatic nitrogens is 1. The van der Waals surface area contributed by atoms with Gasteiger partial charge in [0.05, 0.1) is 16.9 Å². The minimum absolute atomic E-state index is 0.130. The first kappa shape index (κ1) is 15.6. The summed E-state index contributed by atoms with van der Waals surface area (Å²) in [6.45, 7) is 4.88. The van der Waals surface area contributed by atoms with Crippen molar-refractivity contribution in [2.45, 2.75) is 46.0 Å². The SMILES string of the molecule is Cc1cc(N(C)CC2CCCCC2)c(/C(N)=N/O)c(C)n1. The molecule has 116 valence electrons. The molecule has 5 nitrogen and oxygen atoms in total. The number of anilines is 1. The summed E-state index contributed by atoms with van der Waals surface area (Å²) >= 11 is 0. The van der Waals surface area contributed by atoms with Gasteiger partial charge in [-0.3, -0.25) is 4.98 Å². The van der Waals surface area contributed by atoms with Gasteiger partial charge in [0.1, 0.15) is 0 Å². The van der Waals surface area contributed by atoms with Crippen molar-refractivity contribution in [3.05, 3.63) is 23.0 Å². The van der Waals surface area contributed by atoms with Crippen LogP contribution >= 0.6 is 0 Å². The van der Waals surface area contributed by atoms with Crippen LogP contribution in [0.5, 0.6) is 0 Å². The standard InChI is InChI=1S/C16H26N4O/c1-11-9-14(15(12(2)18-11)16(17)19-21)20(3)10-13-7-5-4-6-8-13/h9,13,21H,4-8,10H2,1-3H3,(H2,17,19). The first-order chi connectivity index (χ1) is 10.0. The van der Waals surface area contributed by atoms with Crippen LogP contribution in [0, 0.1) is 19.8 Å². The second-order valence-corrected chi connectivity index (χ2v) is 6.11. The number of nitrogens with two attached hydrogens (primary N) is 1. The second kappa shape index (κ2) is 6.78. The maximum Gasteiger partial charge on any atom is 0.174 e. The lowest BCUT2D eigenvalue weighted by atomic mass is 9.89. The zero-order valence-electron chi connectivity index (χ0n) is 13.3. The van der Waals surface area contributed by atoms with Crippen molar-refractivity contribution in [3.63, 3.8) is 0 Å². The highest BCUT2D eigenvalue weighted by Gasteiger charge is 2.20. The number of oxime groups is 1. The van der Waals surface area contributed by atoms with Gasteiger partial charge in [0.25, 0.3) is 0 Å². The van der Waals surface area contributed by atoms with E-state index in [0.717, 1.165) is 35.1 Å². The summed E-state index contributed by atoms with van der Waals surface area (Å²) in [7, 11) is 2.08. The van der Waals surface area contributed by atoms with E-state index in [2.05, 4.69) is 22.1 Å². The molecule has 0 radical (unpaired) electrons. The lowest BCUT2D eigenvalue weighted by molar-refractivity contribution is 0.318. The molecule has 1 aliphatic rings. The Bertz CT molecular complexity index is 521. The number of aryl methyl sites for hydroxylation is 2. The molecule has 3 N–H and O–H groups in total. The van der Waals surface area contributed by atoms with Gasteiger partial charge < -0.3 is 15.8 Å². The van der Waals surface area contributed by atoms with Crippen LogP contribution in [0.4, 0.5) is 5.69 Å². The van der Waals surface area contributed by atoms with E-state index in [-0.39, 0.29) is 5.84 Å². The van der Waals surface area contributed by atoms with E-state index >= 15 is 0 Å². The number of pyridine rings is 1. The van der Waals surface area contributed by atoms with E-state index < -0.39 is 0 Å². The van der Waals surface area contributed by atoms with Crippen LogP contribution in [-0.4, -0.2) is 29.6 Å². The second-order valence-electron chi connectivity index (χ2n) is 6.11. The molecular formula is C16H26N4O. The fourth-order valence-electron chi connectivity index (χ4n) is 3.33. The molecule has 5 heteroatoms. The quantitative estimate of drug-likeness (QED) is 0.387. The first-order valence-electron chi connectivity index (χ1n) is 7.70. The Kier molecular flexibility index (Phi) is 5.04. The first-order valence-corrected chi connectivity index (χ1v) is 7.70. The van der Waals surface area contributed by atoms with Gasteiger partial charge in [0.2, 0.25) is 0 Å². The number of rotatable bonds is 4. The van der Waals surface area contributed by atoms with Crippen LogP contribution in [0.15, 0.2) is 11.2 Å². The van der Waals surface area contributed by atoms with Crippen LogP contribution in [-0.2, 0) is 0 Å². The zero-order chi connectivity index (χ0) is 15.4. The third-order valence-electron chi connectivity index (χ3n) is 4.34. The van der Waals surface area contributed by atoms with Crippen LogP contribution in [0.3, 0.4) is 0 Å². The Labute approximate surface area is 126 Å². The molecule has 0 saturated heterocycles. The molecule has 0 aliphatic heterocycles. The molecule has 0 spiro atoms. The summed E-state index contributed by atoms with van der Waals surface area (Å²) in [4.78, 5) is 6.66. The molecule has 21 heavy (non-hydrogen) atoms. The highest BCUT2D eigenvalue weighted by molar-refractivity contribution is 6.03. The molecule has 0 amide bonds. The average Bonchev–Trinajstić information content (AvgIpc) is 2.46. The van der Waals surface area contributed by atoms with Gasteiger partial charge in [-0.25, -0.2) is 0 Å². The molecule has 1 aromatic rings. The third-order valence-corrected chi connectivity index (χ3v) is 4.34. The van der Waals surface area contributed by atoms with E-state index in [1.54, 1.807) is 0 Å². The Morgan fingerprint density at radius 2 is 2.05 bits per heavy atom. The van der Waals surface area contributed by atoms with E-state index in [4.69, 9.17) is 10.9 Å². The normalized spacial score (nSPS) is 17.0. The smallest absolute Gasteiger partial charge is 0.174 e. The van der Waals surface area contributed by atoms with Crippen molar-refractivity contribution in [2.24, 2.45) is 16.8 Å². The summed E-state index contributed by atoms with van der Waals surface area (Å²) < 4.78 is 0. The number of nitrogens with zero attached hydrogens (tertiary/aromatic N) is 3. The van der Waals surface area contributed by atoms with E-state index in [0.29, 0.717) is 0 Å². The van der Waals surface area contributed by atoms with E-state index in [9.17, 15) is 0 Å².